The molecule has 1 amide bonds. The number of aryl methyl sites for hydroxylation is 1. The first-order valence-electron chi connectivity index (χ1n) is 9.86. The van der Waals surface area contributed by atoms with Crippen LogP contribution in [0.5, 0.6) is 5.75 Å². The van der Waals surface area contributed by atoms with Crippen LogP contribution in [0.25, 0.3) is 0 Å². The van der Waals surface area contributed by atoms with Crippen LogP contribution in [0.2, 0.25) is 0 Å². The molecule has 5 heteroatoms. The summed E-state index contributed by atoms with van der Waals surface area (Å²) >= 11 is 0. The second-order valence-electron chi connectivity index (χ2n) is 7.06. The minimum atomic E-state index is -0.244. The lowest BCUT2D eigenvalue weighted by atomic mass is 10.1. The molecule has 3 rings (SSSR count). The van der Waals surface area contributed by atoms with Crippen molar-refractivity contribution in [2.75, 3.05) is 6.61 Å². The van der Waals surface area contributed by atoms with E-state index < -0.39 is 0 Å². The summed E-state index contributed by atoms with van der Waals surface area (Å²) in [6.07, 6.45) is 1.80. The van der Waals surface area contributed by atoms with Crippen molar-refractivity contribution >= 4 is 11.7 Å². The van der Waals surface area contributed by atoms with Gasteiger partial charge in [-0.25, -0.2) is 0 Å². The molecule has 0 aliphatic rings. The maximum Gasteiger partial charge on any atom is 0.255 e. The molecular weight excluding hydrogens is 376 g/mol. The van der Waals surface area contributed by atoms with Gasteiger partial charge in [-0.1, -0.05) is 48.5 Å². The fourth-order valence-electron chi connectivity index (χ4n) is 3.37. The van der Waals surface area contributed by atoms with E-state index in [1.807, 2.05) is 54.8 Å². The maximum atomic E-state index is 12.7. The Morgan fingerprint density at radius 1 is 1.03 bits per heavy atom. The zero-order valence-corrected chi connectivity index (χ0v) is 17.4. The summed E-state index contributed by atoms with van der Waals surface area (Å²) in [7, 11) is 0. The van der Waals surface area contributed by atoms with E-state index in [2.05, 4.69) is 11.9 Å². The number of allylic oxidation sites excluding steroid dienone is 1. The second-order valence-corrected chi connectivity index (χ2v) is 7.06. The maximum absolute atomic E-state index is 12.7. The monoisotopic (exact) mass is 402 g/mol. The molecule has 0 saturated carbocycles. The standard InChI is InChI=1S/C25H26N2O3/c1-4-14-27-18(2)15-22(19(27)3)23(28)17-30-24-13-9-8-12-21(24)25(29)26-16-20-10-6-5-7-11-20/h4-13,15H,1,14,16-17H2,2-3H3,(H,26,29). The van der Waals surface area contributed by atoms with E-state index in [0.717, 1.165) is 17.0 Å². The number of nitrogens with zero attached hydrogens (tertiary/aromatic N) is 1. The summed E-state index contributed by atoms with van der Waals surface area (Å²) in [6.45, 7) is 8.56. The molecule has 2 aromatic carbocycles. The van der Waals surface area contributed by atoms with Crippen molar-refractivity contribution in [1.29, 1.82) is 0 Å². The first-order valence-corrected chi connectivity index (χ1v) is 9.86. The van der Waals surface area contributed by atoms with Gasteiger partial charge in [0.25, 0.3) is 5.91 Å². The van der Waals surface area contributed by atoms with Crippen molar-refractivity contribution in [2.24, 2.45) is 0 Å². The van der Waals surface area contributed by atoms with Gasteiger partial charge in [0.2, 0.25) is 5.78 Å². The lowest BCUT2D eigenvalue weighted by Crippen LogP contribution is -2.24. The fraction of sp³-hybridized carbons (Fsp3) is 0.200. The average Bonchev–Trinajstić information content (AvgIpc) is 3.05. The van der Waals surface area contributed by atoms with Gasteiger partial charge in [-0.3, -0.25) is 9.59 Å². The molecule has 0 atom stereocenters. The van der Waals surface area contributed by atoms with Crippen molar-refractivity contribution in [2.45, 2.75) is 26.9 Å². The summed E-state index contributed by atoms with van der Waals surface area (Å²) in [5.41, 5.74) is 3.92. The lowest BCUT2D eigenvalue weighted by molar-refractivity contribution is 0.0902. The zero-order chi connectivity index (χ0) is 21.5. The van der Waals surface area contributed by atoms with Gasteiger partial charge in [0.1, 0.15) is 5.75 Å². The van der Waals surface area contributed by atoms with Gasteiger partial charge < -0.3 is 14.6 Å². The quantitative estimate of drug-likeness (QED) is 0.424. The molecule has 0 saturated heterocycles. The van der Waals surface area contributed by atoms with Gasteiger partial charge in [0.05, 0.1) is 5.56 Å². The Hall–Kier alpha value is -3.60. The van der Waals surface area contributed by atoms with Gasteiger partial charge in [0.15, 0.2) is 6.61 Å². The van der Waals surface area contributed by atoms with Crippen LogP contribution in [-0.2, 0) is 13.1 Å². The van der Waals surface area contributed by atoms with Crippen molar-refractivity contribution in [1.82, 2.24) is 9.88 Å². The number of carbonyl (C=O) groups is 2. The molecule has 0 aliphatic carbocycles. The SMILES string of the molecule is C=CCn1c(C)cc(C(=O)COc2ccccc2C(=O)NCc2ccccc2)c1C. The topological polar surface area (TPSA) is 60.3 Å². The number of hydrogen-bond acceptors (Lipinski definition) is 3. The minimum Gasteiger partial charge on any atom is -0.485 e. The minimum absolute atomic E-state index is 0.127. The number of Topliss-reactive ketones (excluding diaryl/α,β-unsaturated/α-hetero) is 1. The lowest BCUT2D eigenvalue weighted by Gasteiger charge is -2.12. The number of hydrogen-bond donors (Lipinski definition) is 1. The zero-order valence-electron chi connectivity index (χ0n) is 17.4. The molecule has 1 aromatic heterocycles. The third-order valence-corrected chi connectivity index (χ3v) is 4.97. The summed E-state index contributed by atoms with van der Waals surface area (Å²) < 4.78 is 7.78. The number of amides is 1. The highest BCUT2D eigenvalue weighted by Crippen LogP contribution is 2.20. The van der Waals surface area contributed by atoms with E-state index >= 15 is 0 Å². The molecule has 5 nitrogen and oxygen atoms in total. The van der Waals surface area contributed by atoms with Crippen LogP contribution < -0.4 is 10.1 Å². The Morgan fingerprint density at radius 2 is 1.73 bits per heavy atom. The van der Waals surface area contributed by atoms with E-state index in [1.165, 1.54) is 0 Å². The normalized spacial score (nSPS) is 10.5. The van der Waals surface area contributed by atoms with E-state index in [-0.39, 0.29) is 18.3 Å². The number of rotatable bonds is 9. The third kappa shape index (κ3) is 4.87. The number of carbonyl (C=O) groups excluding carboxylic acids is 2. The van der Waals surface area contributed by atoms with E-state index in [1.54, 1.807) is 30.3 Å². The van der Waals surface area contributed by atoms with Crippen molar-refractivity contribution in [3.63, 3.8) is 0 Å². The molecule has 0 fully saturated rings. The van der Waals surface area contributed by atoms with Crippen molar-refractivity contribution < 1.29 is 14.3 Å². The summed E-state index contributed by atoms with van der Waals surface area (Å²) in [4.78, 5) is 25.4. The van der Waals surface area contributed by atoms with E-state index in [4.69, 9.17) is 4.74 Å². The average molecular weight is 402 g/mol. The van der Waals surface area contributed by atoms with Gasteiger partial charge in [-0.05, 0) is 37.6 Å². The highest BCUT2D eigenvalue weighted by atomic mass is 16.5. The molecule has 1 N–H and O–H groups in total. The van der Waals surface area contributed by atoms with Gasteiger partial charge in [-0.15, -0.1) is 6.58 Å². The number of aromatic nitrogens is 1. The first-order chi connectivity index (χ1) is 14.5. The predicted molar refractivity (Wildman–Crippen MR) is 118 cm³/mol. The molecule has 3 aromatic rings. The smallest absolute Gasteiger partial charge is 0.255 e. The fourth-order valence-corrected chi connectivity index (χ4v) is 3.37. The number of benzene rings is 2. The highest BCUT2D eigenvalue weighted by Gasteiger charge is 2.18. The third-order valence-electron chi connectivity index (χ3n) is 4.97. The Kier molecular flexibility index (Phi) is 6.86. The second kappa shape index (κ2) is 9.74. The van der Waals surface area contributed by atoms with Gasteiger partial charge >= 0.3 is 0 Å². The van der Waals surface area contributed by atoms with E-state index in [9.17, 15) is 9.59 Å². The largest absolute Gasteiger partial charge is 0.485 e. The molecule has 30 heavy (non-hydrogen) atoms. The summed E-state index contributed by atoms with van der Waals surface area (Å²) in [5.74, 6) is 0.0142. The van der Waals surface area contributed by atoms with E-state index in [0.29, 0.717) is 30.0 Å². The van der Waals surface area contributed by atoms with Crippen LogP contribution in [-0.4, -0.2) is 22.9 Å². The Morgan fingerprint density at radius 3 is 2.47 bits per heavy atom. The van der Waals surface area contributed by atoms with Crippen LogP contribution >= 0.6 is 0 Å². The Balaban J connectivity index is 1.68. The Bertz CT molecular complexity index is 1050. The summed E-state index contributed by atoms with van der Waals surface area (Å²) in [5, 5.41) is 2.89. The molecule has 0 aliphatic heterocycles. The van der Waals surface area contributed by atoms with Crippen LogP contribution in [0.15, 0.2) is 73.3 Å². The van der Waals surface area contributed by atoms with Crippen LogP contribution in [0.3, 0.4) is 0 Å². The number of ether oxygens (including phenoxy) is 1. The number of para-hydroxylation sites is 1. The van der Waals surface area contributed by atoms with Crippen LogP contribution in [0.1, 0.15) is 37.7 Å². The molecule has 154 valence electrons. The number of ketones is 1. The highest BCUT2D eigenvalue weighted by molar-refractivity contribution is 5.99. The number of nitrogens with one attached hydrogen (secondary N) is 1. The molecular formula is C25H26N2O3. The Labute approximate surface area is 177 Å². The molecule has 0 spiro atoms. The van der Waals surface area contributed by atoms with Crippen molar-refractivity contribution in [3.8, 4) is 5.75 Å². The van der Waals surface area contributed by atoms with Crippen molar-refractivity contribution in [3.05, 3.63) is 101 Å². The van der Waals surface area contributed by atoms with Crippen LogP contribution in [0, 0.1) is 13.8 Å². The van der Waals surface area contributed by atoms with Gasteiger partial charge in [0, 0.05) is 30.0 Å². The molecule has 0 unspecified atom stereocenters. The van der Waals surface area contributed by atoms with Gasteiger partial charge in [-0.2, -0.15) is 0 Å². The summed E-state index contributed by atoms with van der Waals surface area (Å²) in [6, 6.07) is 18.5. The predicted octanol–water partition coefficient (Wildman–Crippen LogP) is 4.48. The molecule has 0 radical (unpaired) electrons. The first kappa shape index (κ1) is 21.1. The molecule has 1 heterocycles. The molecule has 0 bridgehead atoms. The van der Waals surface area contributed by atoms with Crippen LogP contribution in [0.4, 0.5) is 0 Å².